The van der Waals surface area contributed by atoms with E-state index in [1.54, 1.807) is 0 Å². The average Bonchev–Trinajstić information content (AvgIpc) is 1.89. The largest absolute Gasteiger partial charge is 0.267 e. The maximum atomic E-state index is 4.13. The summed E-state index contributed by atoms with van der Waals surface area (Å²) in [5.74, 6) is 0.645. The molecule has 1 rings (SSSR count). The van der Waals surface area contributed by atoms with Crippen LogP contribution in [0.25, 0.3) is 0 Å². The van der Waals surface area contributed by atoms with Gasteiger partial charge in [-0.2, -0.15) is 0 Å². The molecule has 10 heavy (non-hydrogen) atoms. The van der Waals surface area contributed by atoms with E-state index in [2.05, 4.69) is 31.2 Å². The molecule has 0 amide bonds. The van der Waals surface area contributed by atoms with Gasteiger partial charge in [0.05, 0.1) is 4.75 Å². The zero-order valence-corrected chi connectivity index (χ0v) is 7.48. The van der Waals surface area contributed by atoms with Gasteiger partial charge in [0.25, 0.3) is 0 Å². The van der Waals surface area contributed by atoms with Crippen molar-refractivity contribution in [1.82, 2.24) is 0 Å². The molecule has 0 bridgehead atoms. The van der Waals surface area contributed by atoms with Gasteiger partial charge in [0.1, 0.15) is 0 Å². The van der Waals surface area contributed by atoms with Crippen molar-refractivity contribution < 1.29 is 0 Å². The van der Waals surface area contributed by atoms with Gasteiger partial charge >= 0.3 is 0 Å². The second kappa shape index (κ2) is 2.79. The van der Waals surface area contributed by atoms with Crippen LogP contribution in [0.5, 0.6) is 0 Å². The predicted molar refractivity (Wildman–Crippen MR) is 48.5 cm³/mol. The van der Waals surface area contributed by atoms with Crippen LogP contribution in [-0.2, 0) is 0 Å². The molecule has 0 aliphatic carbocycles. The fourth-order valence-corrected chi connectivity index (χ4v) is 1.54. The van der Waals surface area contributed by atoms with Crippen molar-refractivity contribution in [2.24, 2.45) is 10.9 Å². The molecule has 1 heterocycles. The molecule has 0 aromatic carbocycles. The minimum atomic E-state index is 0.217. The summed E-state index contributed by atoms with van der Waals surface area (Å²) in [7, 11) is 0. The highest BCUT2D eigenvalue weighted by Crippen LogP contribution is 2.33. The topological polar surface area (TPSA) is 12.4 Å². The minimum Gasteiger partial charge on any atom is -0.267 e. The van der Waals surface area contributed by atoms with Gasteiger partial charge in [-0.3, -0.25) is 4.99 Å². The van der Waals surface area contributed by atoms with E-state index in [9.17, 15) is 0 Å². The van der Waals surface area contributed by atoms with Crippen molar-refractivity contribution in [2.45, 2.75) is 25.5 Å². The highest BCUT2D eigenvalue weighted by Gasteiger charge is 2.26. The molecular weight excluding hydrogens is 142 g/mol. The monoisotopic (exact) mass is 155 g/mol. The third-order valence-corrected chi connectivity index (χ3v) is 3.29. The number of hydrogen-bond acceptors (Lipinski definition) is 2. The lowest BCUT2D eigenvalue weighted by Crippen LogP contribution is -2.29. The Morgan fingerprint density at radius 1 is 1.50 bits per heavy atom. The smallest absolute Gasteiger partial charge is 0.0547 e. The standard InChI is InChI=1S/C8H13NS/c1-7(2)8(3)6-9-4-5-10-8/h4-7H,1-3H3. The number of rotatable bonds is 1. The summed E-state index contributed by atoms with van der Waals surface area (Å²) in [5.41, 5.74) is 0. The van der Waals surface area contributed by atoms with Crippen molar-refractivity contribution in [2.75, 3.05) is 0 Å². The molecule has 0 saturated heterocycles. The Hall–Kier alpha value is -0.240. The van der Waals surface area contributed by atoms with E-state index in [1.165, 1.54) is 0 Å². The Balaban J connectivity index is 2.70. The molecule has 0 spiro atoms. The van der Waals surface area contributed by atoms with E-state index in [0.29, 0.717) is 5.92 Å². The van der Waals surface area contributed by atoms with Gasteiger partial charge in [0.15, 0.2) is 0 Å². The normalized spacial score (nSPS) is 31.6. The van der Waals surface area contributed by atoms with Gasteiger partial charge in [0, 0.05) is 12.4 Å². The second-order valence-electron chi connectivity index (χ2n) is 3.02. The minimum absolute atomic E-state index is 0.217. The highest BCUT2D eigenvalue weighted by molar-refractivity contribution is 8.04. The summed E-state index contributed by atoms with van der Waals surface area (Å²) >= 11 is 1.84. The Morgan fingerprint density at radius 3 is 2.50 bits per heavy atom. The molecule has 1 aliphatic rings. The molecule has 0 N–H and O–H groups in total. The van der Waals surface area contributed by atoms with Crippen LogP contribution < -0.4 is 0 Å². The first-order valence-corrected chi connectivity index (χ1v) is 4.40. The van der Waals surface area contributed by atoms with Gasteiger partial charge in [-0.15, -0.1) is 11.8 Å². The average molecular weight is 155 g/mol. The molecule has 1 atom stereocenters. The molecule has 2 heteroatoms. The predicted octanol–water partition coefficient (Wildman–Crippen LogP) is 2.69. The molecule has 1 unspecified atom stereocenters. The lowest BCUT2D eigenvalue weighted by molar-refractivity contribution is 0.582. The number of hydrogen-bond donors (Lipinski definition) is 0. The summed E-state index contributed by atoms with van der Waals surface area (Å²) in [5, 5.41) is 2.06. The summed E-state index contributed by atoms with van der Waals surface area (Å²) in [6, 6.07) is 0. The first kappa shape index (κ1) is 7.86. The Kier molecular flexibility index (Phi) is 2.19. The van der Waals surface area contributed by atoms with Gasteiger partial charge < -0.3 is 0 Å². The summed E-state index contributed by atoms with van der Waals surface area (Å²) in [6.07, 6.45) is 3.87. The van der Waals surface area contributed by atoms with E-state index in [0.717, 1.165) is 0 Å². The molecule has 0 radical (unpaired) electrons. The van der Waals surface area contributed by atoms with Crippen LogP contribution in [-0.4, -0.2) is 11.0 Å². The third kappa shape index (κ3) is 1.43. The molecule has 0 aromatic heterocycles. The van der Waals surface area contributed by atoms with E-state index >= 15 is 0 Å². The zero-order chi connectivity index (χ0) is 7.61. The lowest BCUT2D eigenvalue weighted by atomic mass is 9.98. The van der Waals surface area contributed by atoms with Crippen LogP contribution in [0.4, 0.5) is 0 Å². The molecule has 0 fully saturated rings. The van der Waals surface area contributed by atoms with Gasteiger partial charge in [-0.05, 0) is 18.2 Å². The van der Waals surface area contributed by atoms with Crippen LogP contribution in [0.3, 0.4) is 0 Å². The molecule has 0 aromatic rings. The Morgan fingerprint density at radius 2 is 2.20 bits per heavy atom. The van der Waals surface area contributed by atoms with Crippen molar-refractivity contribution in [1.29, 1.82) is 0 Å². The molecule has 1 aliphatic heterocycles. The molecule has 0 saturated carbocycles. The maximum Gasteiger partial charge on any atom is 0.0547 e. The van der Waals surface area contributed by atoms with E-state index < -0.39 is 0 Å². The van der Waals surface area contributed by atoms with Crippen LogP contribution in [0.15, 0.2) is 16.6 Å². The first-order valence-electron chi connectivity index (χ1n) is 3.52. The summed E-state index contributed by atoms with van der Waals surface area (Å²) in [6.45, 7) is 6.66. The van der Waals surface area contributed by atoms with E-state index in [-0.39, 0.29) is 4.75 Å². The quantitative estimate of drug-likeness (QED) is 0.567. The highest BCUT2D eigenvalue weighted by atomic mass is 32.2. The molecule has 56 valence electrons. The third-order valence-electron chi connectivity index (χ3n) is 1.95. The molecular formula is C8H13NS. The summed E-state index contributed by atoms with van der Waals surface area (Å²) < 4.78 is 0.217. The maximum absolute atomic E-state index is 4.13. The Labute approximate surface area is 66.6 Å². The van der Waals surface area contributed by atoms with Crippen LogP contribution >= 0.6 is 11.8 Å². The zero-order valence-electron chi connectivity index (χ0n) is 6.66. The van der Waals surface area contributed by atoms with Crippen molar-refractivity contribution in [3.63, 3.8) is 0 Å². The van der Waals surface area contributed by atoms with Crippen molar-refractivity contribution in [3.05, 3.63) is 11.6 Å². The van der Waals surface area contributed by atoms with Gasteiger partial charge in [0.2, 0.25) is 0 Å². The van der Waals surface area contributed by atoms with Crippen LogP contribution in [0.1, 0.15) is 20.8 Å². The fraction of sp³-hybridized carbons (Fsp3) is 0.625. The molecule has 1 nitrogen and oxygen atoms in total. The van der Waals surface area contributed by atoms with Crippen LogP contribution in [0.2, 0.25) is 0 Å². The summed E-state index contributed by atoms with van der Waals surface area (Å²) in [4.78, 5) is 4.13. The Bertz CT molecular complexity index is 172. The van der Waals surface area contributed by atoms with Gasteiger partial charge in [-0.1, -0.05) is 13.8 Å². The number of aliphatic imine (C=N–C) groups is 1. The SMILES string of the molecule is CC(C)C1(C)C=NC=CS1. The number of nitrogens with zero attached hydrogens (tertiary/aromatic N) is 1. The number of thioether (sulfide) groups is 1. The van der Waals surface area contributed by atoms with E-state index in [1.807, 2.05) is 24.2 Å². The van der Waals surface area contributed by atoms with Gasteiger partial charge in [-0.25, -0.2) is 0 Å². The lowest BCUT2D eigenvalue weighted by Gasteiger charge is -2.28. The second-order valence-corrected chi connectivity index (χ2v) is 4.41. The van der Waals surface area contributed by atoms with E-state index in [4.69, 9.17) is 0 Å². The fourth-order valence-electron chi connectivity index (χ4n) is 0.719. The first-order chi connectivity index (χ1) is 4.65. The van der Waals surface area contributed by atoms with Crippen LogP contribution in [0, 0.1) is 5.92 Å². The van der Waals surface area contributed by atoms with Crippen molar-refractivity contribution >= 4 is 18.0 Å². The van der Waals surface area contributed by atoms with Crippen molar-refractivity contribution in [3.8, 4) is 0 Å².